The maximum atomic E-state index is 11.7. The Balaban J connectivity index is 1.94. The zero-order chi connectivity index (χ0) is 15.9. The molecule has 0 atom stereocenters. The molecule has 0 fully saturated rings. The van der Waals surface area contributed by atoms with Gasteiger partial charge >= 0.3 is 11.8 Å². The van der Waals surface area contributed by atoms with Crippen molar-refractivity contribution < 1.29 is 14.7 Å². The second kappa shape index (κ2) is 7.24. The number of amides is 2. The summed E-state index contributed by atoms with van der Waals surface area (Å²) in [6.07, 6.45) is 1.23. The molecule has 2 amide bonds. The number of carbonyl (C=O) groups excluding carboxylic acids is 2. The minimum atomic E-state index is -0.952. The minimum absolute atomic E-state index is 0.0148. The van der Waals surface area contributed by atoms with Crippen molar-refractivity contribution in [1.29, 1.82) is 0 Å². The smallest absolute Gasteiger partial charge is 0.329 e. The number of nitrogens with zero attached hydrogens (tertiary/aromatic N) is 1. The molecular weight excluding hydrogens is 306 g/mol. The molecule has 0 radical (unpaired) electrons. The van der Waals surface area contributed by atoms with Crippen molar-refractivity contribution in [2.24, 2.45) is 5.10 Å². The number of benzene rings is 2. The summed E-state index contributed by atoms with van der Waals surface area (Å²) in [7, 11) is 0. The first-order valence-corrected chi connectivity index (χ1v) is 6.62. The van der Waals surface area contributed by atoms with Crippen molar-refractivity contribution in [3.05, 3.63) is 59.1 Å². The van der Waals surface area contributed by atoms with E-state index in [4.69, 9.17) is 11.6 Å². The first kappa shape index (κ1) is 15.5. The van der Waals surface area contributed by atoms with Crippen LogP contribution in [0.15, 0.2) is 53.6 Å². The van der Waals surface area contributed by atoms with E-state index in [9.17, 15) is 14.7 Å². The van der Waals surface area contributed by atoms with Gasteiger partial charge in [0, 0.05) is 5.56 Å². The van der Waals surface area contributed by atoms with Crippen LogP contribution in [0.2, 0.25) is 5.02 Å². The molecule has 112 valence electrons. The summed E-state index contributed by atoms with van der Waals surface area (Å²) in [5.41, 5.74) is 2.80. The van der Waals surface area contributed by atoms with Gasteiger partial charge in [-0.2, -0.15) is 5.10 Å². The third-order valence-electron chi connectivity index (χ3n) is 2.63. The van der Waals surface area contributed by atoms with Gasteiger partial charge in [-0.25, -0.2) is 5.43 Å². The Bertz CT molecular complexity index is 731. The first-order valence-electron chi connectivity index (χ1n) is 6.25. The SMILES string of the molecule is O=C(N/N=C\c1ccccc1O)C(=O)Nc1ccccc1Cl. The predicted octanol–water partition coefficient (Wildman–Crippen LogP) is 2.13. The van der Waals surface area contributed by atoms with Gasteiger partial charge in [-0.05, 0) is 24.3 Å². The molecule has 0 aliphatic rings. The summed E-state index contributed by atoms with van der Waals surface area (Å²) < 4.78 is 0. The monoisotopic (exact) mass is 317 g/mol. The molecule has 2 aromatic rings. The first-order chi connectivity index (χ1) is 10.6. The van der Waals surface area contributed by atoms with Crippen molar-refractivity contribution in [2.75, 3.05) is 5.32 Å². The standard InChI is InChI=1S/C15H12ClN3O3/c16-11-6-2-3-7-12(11)18-14(21)15(22)19-17-9-10-5-1-4-8-13(10)20/h1-9,20H,(H,18,21)(H,19,22)/b17-9-. The number of carbonyl (C=O) groups is 2. The van der Waals surface area contributed by atoms with Crippen LogP contribution in [0.5, 0.6) is 5.75 Å². The van der Waals surface area contributed by atoms with E-state index in [1.54, 1.807) is 42.5 Å². The van der Waals surface area contributed by atoms with Crippen LogP contribution in [-0.2, 0) is 9.59 Å². The van der Waals surface area contributed by atoms with Gasteiger partial charge in [0.05, 0.1) is 16.9 Å². The number of aromatic hydroxyl groups is 1. The number of rotatable bonds is 3. The molecule has 0 aromatic heterocycles. The highest BCUT2D eigenvalue weighted by molar-refractivity contribution is 6.41. The molecule has 0 saturated carbocycles. The van der Waals surface area contributed by atoms with Gasteiger partial charge in [-0.3, -0.25) is 9.59 Å². The lowest BCUT2D eigenvalue weighted by atomic mass is 10.2. The number of hydrazone groups is 1. The van der Waals surface area contributed by atoms with E-state index in [1.807, 2.05) is 0 Å². The van der Waals surface area contributed by atoms with Crippen molar-refractivity contribution >= 4 is 35.3 Å². The highest BCUT2D eigenvalue weighted by Crippen LogP contribution is 2.20. The molecule has 0 heterocycles. The summed E-state index contributed by atoms with van der Waals surface area (Å²) in [5.74, 6) is -1.84. The molecule has 0 spiro atoms. The Labute approximate surface area is 131 Å². The number of phenols is 1. The minimum Gasteiger partial charge on any atom is -0.507 e. The van der Waals surface area contributed by atoms with Gasteiger partial charge in [0.15, 0.2) is 0 Å². The topological polar surface area (TPSA) is 90.8 Å². The lowest BCUT2D eigenvalue weighted by Crippen LogP contribution is -2.32. The van der Waals surface area contributed by atoms with Crippen molar-refractivity contribution in [3.8, 4) is 5.75 Å². The van der Waals surface area contributed by atoms with Crippen LogP contribution >= 0.6 is 11.6 Å². The zero-order valence-corrected chi connectivity index (χ0v) is 12.0. The average molecular weight is 318 g/mol. The molecule has 0 aliphatic heterocycles. The second-order valence-corrected chi connectivity index (χ2v) is 4.60. The lowest BCUT2D eigenvalue weighted by Gasteiger charge is -2.05. The summed E-state index contributed by atoms with van der Waals surface area (Å²) in [6.45, 7) is 0. The van der Waals surface area contributed by atoms with Crippen LogP contribution in [0, 0.1) is 0 Å². The molecule has 0 bridgehead atoms. The summed E-state index contributed by atoms with van der Waals surface area (Å²) >= 11 is 5.87. The molecule has 3 N–H and O–H groups in total. The van der Waals surface area contributed by atoms with Crippen LogP contribution in [0.25, 0.3) is 0 Å². The van der Waals surface area contributed by atoms with Crippen molar-refractivity contribution in [3.63, 3.8) is 0 Å². The van der Waals surface area contributed by atoms with E-state index in [0.717, 1.165) is 0 Å². The van der Waals surface area contributed by atoms with E-state index in [2.05, 4.69) is 15.8 Å². The number of anilines is 1. The molecule has 2 rings (SSSR count). The van der Waals surface area contributed by atoms with Gasteiger partial charge in [0.1, 0.15) is 5.75 Å². The molecule has 22 heavy (non-hydrogen) atoms. The van der Waals surface area contributed by atoms with E-state index >= 15 is 0 Å². The van der Waals surface area contributed by atoms with E-state index in [-0.39, 0.29) is 5.75 Å². The van der Waals surface area contributed by atoms with Crippen LogP contribution in [0.1, 0.15) is 5.56 Å². The Hall–Kier alpha value is -2.86. The predicted molar refractivity (Wildman–Crippen MR) is 83.9 cm³/mol. The Morgan fingerprint density at radius 2 is 1.73 bits per heavy atom. The summed E-state index contributed by atoms with van der Waals surface area (Å²) in [4.78, 5) is 23.3. The maximum absolute atomic E-state index is 11.7. The van der Waals surface area contributed by atoms with E-state index in [0.29, 0.717) is 16.3 Å². The number of hydrogen-bond acceptors (Lipinski definition) is 4. The Kier molecular flexibility index (Phi) is 5.11. The maximum Gasteiger partial charge on any atom is 0.329 e. The highest BCUT2D eigenvalue weighted by atomic mass is 35.5. The fourth-order valence-electron chi connectivity index (χ4n) is 1.55. The van der Waals surface area contributed by atoms with Crippen LogP contribution < -0.4 is 10.7 Å². The van der Waals surface area contributed by atoms with Gasteiger partial charge in [0.25, 0.3) is 0 Å². The van der Waals surface area contributed by atoms with Crippen molar-refractivity contribution in [2.45, 2.75) is 0 Å². The Morgan fingerprint density at radius 3 is 2.45 bits per heavy atom. The number of halogens is 1. The lowest BCUT2D eigenvalue weighted by molar-refractivity contribution is -0.136. The van der Waals surface area contributed by atoms with Crippen LogP contribution in [0.3, 0.4) is 0 Å². The third kappa shape index (κ3) is 4.07. The van der Waals surface area contributed by atoms with E-state index in [1.165, 1.54) is 12.3 Å². The van der Waals surface area contributed by atoms with Gasteiger partial charge in [0.2, 0.25) is 0 Å². The highest BCUT2D eigenvalue weighted by Gasteiger charge is 2.14. The quantitative estimate of drug-likeness (QED) is 0.460. The normalized spacial score (nSPS) is 10.4. The van der Waals surface area contributed by atoms with Gasteiger partial charge in [-0.1, -0.05) is 35.9 Å². The zero-order valence-electron chi connectivity index (χ0n) is 11.3. The number of hydrogen-bond donors (Lipinski definition) is 3. The Morgan fingerprint density at radius 1 is 1.05 bits per heavy atom. The van der Waals surface area contributed by atoms with Gasteiger partial charge < -0.3 is 10.4 Å². The number of para-hydroxylation sites is 2. The third-order valence-corrected chi connectivity index (χ3v) is 2.96. The summed E-state index contributed by atoms with van der Waals surface area (Å²) in [6, 6.07) is 13.0. The fraction of sp³-hybridized carbons (Fsp3) is 0. The number of phenolic OH excluding ortho intramolecular Hbond substituents is 1. The summed E-state index contributed by atoms with van der Waals surface area (Å²) in [5, 5.41) is 15.8. The molecule has 6 nitrogen and oxygen atoms in total. The molecule has 0 aliphatic carbocycles. The van der Waals surface area contributed by atoms with Crippen LogP contribution in [-0.4, -0.2) is 23.1 Å². The second-order valence-electron chi connectivity index (χ2n) is 4.19. The fourth-order valence-corrected chi connectivity index (χ4v) is 1.73. The molecule has 7 heteroatoms. The molecule has 0 saturated heterocycles. The number of nitrogens with one attached hydrogen (secondary N) is 2. The van der Waals surface area contributed by atoms with Crippen LogP contribution in [0.4, 0.5) is 5.69 Å². The average Bonchev–Trinajstić information content (AvgIpc) is 2.51. The molecular formula is C15H12ClN3O3. The largest absolute Gasteiger partial charge is 0.507 e. The van der Waals surface area contributed by atoms with Crippen molar-refractivity contribution in [1.82, 2.24) is 5.43 Å². The molecule has 2 aromatic carbocycles. The molecule has 0 unspecified atom stereocenters. The van der Waals surface area contributed by atoms with Gasteiger partial charge in [-0.15, -0.1) is 0 Å². The van der Waals surface area contributed by atoms with E-state index < -0.39 is 11.8 Å².